The highest BCUT2D eigenvalue weighted by Gasteiger charge is 2.18. The van der Waals surface area contributed by atoms with Crippen LogP contribution in [0.4, 0.5) is 5.69 Å². The monoisotopic (exact) mass is 235 g/mol. The number of rotatable bonds is 3. The lowest BCUT2D eigenvalue weighted by Crippen LogP contribution is -2.36. The van der Waals surface area contributed by atoms with E-state index in [-0.39, 0.29) is 11.8 Å². The van der Waals surface area contributed by atoms with Crippen LogP contribution in [0.15, 0.2) is 18.3 Å². The van der Waals surface area contributed by atoms with Crippen molar-refractivity contribution < 1.29 is 9.66 Å². The molecule has 0 aromatic carbocycles. The minimum absolute atomic E-state index is 0.0132. The molecular weight excluding hydrogens is 221 g/mol. The van der Waals surface area contributed by atoms with E-state index in [2.05, 4.69) is 17.8 Å². The van der Waals surface area contributed by atoms with Gasteiger partial charge in [0.2, 0.25) is 5.88 Å². The van der Waals surface area contributed by atoms with Crippen molar-refractivity contribution in [3.05, 3.63) is 28.4 Å². The van der Waals surface area contributed by atoms with Crippen LogP contribution >= 0.6 is 0 Å². The van der Waals surface area contributed by atoms with Gasteiger partial charge in [-0.2, -0.15) is 0 Å². The number of pyridine rings is 1. The van der Waals surface area contributed by atoms with E-state index in [1.165, 1.54) is 12.3 Å². The number of nitrogens with zero attached hydrogens (tertiary/aromatic N) is 3. The summed E-state index contributed by atoms with van der Waals surface area (Å²) in [6.07, 6.45) is 3.33. The maximum Gasteiger partial charge on any atom is 0.287 e. The quantitative estimate of drug-likeness (QED) is 0.430. The summed E-state index contributed by atoms with van der Waals surface area (Å²) < 4.78 is 5.68. The van der Waals surface area contributed by atoms with E-state index in [4.69, 9.17) is 4.74 Å². The lowest BCUT2D eigenvalue weighted by atomic mass is 10.1. The van der Waals surface area contributed by atoms with Crippen molar-refractivity contribution in [3.8, 4) is 5.88 Å². The van der Waals surface area contributed by atoms with Crippen molar-refractivity contribution in [2.75, 3.05) is 13.1 Å². The average molecular weight is 235 g/mol. The zero-order valence-electron chi connectivity index (χ0n) is 9.70. The van der Waals surface area contributed by atoms with Crippen LogP contribution in [0.3, 0.4) is 0 Å². The summed E-state index contributed by atoms with van der Waals surface area (Å²) in [6, 6.07) is 2.97. The summed E-state index contributed by atoms with van der Waals surface area (Å²) in [5, 5.41) is 10.5. The third-order valence-corrected chi connectivity index (χ3v) is 2.88. The largest absolute Gasteiger partial charge is 0.474 e. The van der Waals surface area contributed by atoms with Crippen LogP contribution in [-0.4, -0.2) is 41.9 Å². The van der Waals surface area contributed by atoms with E-state index < -0.39 is 4.92 Å². The highest BCUT2D eigenvalue weighted by molar-refractivity contribution is 6.04. The molecule has 2 heterocycles. The Labute approximate surface area is 100 Å². The summed E-state index contributed by atoms with van der Waals surface area (Å²) in [5.41, 5.74) is -0.0132. The molecule has 6 nitrogen and oxygen atoms in total. The fourth-order valence-electron chi connectivity index (χ4n) is 1.82. The molecular formula is C10H14BN3O3. The Morgan fingerprint density at radius 2 is 2.18 bits per heavy atom. The number of hydrogen-bond donors (Lipinski definition) is 0. The summed E-state index contributed by atoms with van der Waals surface area (Å²) in [7, 11) is 2.08. The van der Waals surface area contributed by atoms with Crippen molar-refractivity contribution in [3.63, 3.8) is 0 Å². The zero-order chi connectivity index (χ0) is 12.3. The molecule has 0 amide bonds. The average Bonchev–Trinajstić information content (AvgIpc) is 2.33. The van der Waals surface area contributed by atoms with Gasteiger partial charge < -0.3 is 9.55 Å². The topological polar surface area (TPSA) is 68.5 Å². The van der Waals surface area contributed by atoms with Crippen LogP contribution in [0.2, 0.25) is 0 Å². The van der Waals surface area contributed by atoms with Gasteiger partial charge in [0.05, 0.1) is 4.92 Å². The Balaban J connectivity index is 1.92. The van der Waals surface area contributed by atoms with Crippen LogP contribution in [0.1, 0.15) is 12.8 Å². The summed E-state index contributed by atoms with van der Waals surface area (Å²) in [4.78, 5) is 16.2. The van der Waals surface area contributed by atoms with E-state index in [0.717, 1.165) is 25.9 Å². The van der Waals surface area contributed by atoms with Gasteiger partial charge >= 0.3 is 0 Å². The fourth-order valence-corrected chi connectivity index (χ4v) is 1.82. The molecule has 90 valence electrons. The van der Waals surface area contributed by atoms with Gasteiger partial charge in [-0.25, -0.2) is 4.98 Å². The van der Waals surface area contributed by atoms with Gasteiger partial charge in [-0.15, -0.1) is 0 Å². The Bertz CT molecular complexity index is 390. The Hall–Kier alpha value is -1.63. The third kappa shape index (κ3) is 3.16. The Morgan fingerprint density at radius 1 is 1.47 bits per heavy atom. The molecule has 1 saturated heterocycles. The van der Waals surface area contributed by atoms with Gasteiger partial charge in [-0.05, 0) is 25.9 Å². The predicted molar refractivity (Wildman–Crippen MR) is 64.7 cm³/mol. The molecule has 17 heavy (non-hydrogen) atoms. The first-order valence-electron chi connectivity index (χ1n) is 5.61. The van der Waals surface area contributed by atoms with Crippen molar-refractivity contribution >= 4 is 13.7 Å². The second-order valence-corrected chi connectivity index (χ2v) is 4.23. The molecule has 0 radical (unpaired) electrons. The van der Waals surface area contributed by atoms with Crippen molar-refractivity contribution in [2.24, 2.45) is 0 Å². The number of nitro groups is 1. The molecule has 0 N–H and O–H groups in total. The highest BCUT2D eigenvalue weighted by atomic mass is 16.6. The van der Waals surface area contributed by atoms with E-state index in [0.29, 0.717) is 5.88 Å². The summed E-state index contributed by atoms with van der Waals surface area (Å²) in [5.74, 6) is 0.463. The fraction of sp³-hybridized carbons (Fsp3) is 0.500. The second-order valence-electron chi connectivity index (χ2n) is 4.23. The lowest BCUT2D eigenvalue weighted by Gasteiger charge is -2.29. The van der Waals surface area contributed by atoms with E-state index in [1.54, 1.807) is 6.07 Å². The molecule has 0 spiro atoms. The third-order valence-electron chi connectivity index (χ3n) is 2.88. The molecule has 1 aliphatic rings. The molecule has 0 saturated carbocycles. The molecule has 1 aromatic heterocycles. The normalized spacial score (nSPS) is 17.9. The molecule has 1 fully saturated rings. The van der Waals surface area contributed by atoms with Crippen molar-refractivity contribution in [1.82, 2.24) is 9.79 Å². The van der Waals surface area contributed by atoms with Crippen LogP contribution in [0, 0.1) is 10.1 Å². The molecule has 1 aliphatic heterocycles. The molecule has 0 aliphatic carbocycles. The van der Waals surface area contributed by atoms with E-state index in [9.17, 15) is 10.1 Å². The molecule has 7 heteroatoms. The summed E-state index contributed by atoms with van der Waals surface area (Å²) >= 11 is 0. The van der Waals surface area contributed by atoms with Crippen LogP contribution in [0.25, 0.3) is 0 Å². The number of ether oxygens (including phenoxy) is 1. The van der Waals surface area contributed by atoms with Crippen LogP contribution in [0.5, 0.6) is 5.88 Å². The predicted octanol–water partition coefficient (Wildman–Crippen LogP) is 0.381. The first-order chi connectivity index (χ1) is 8.15. The van der Waals surface area contributed by atoms with Crippen molar-refractivity contribution in [2.45, 2.75) is 18.9 Å². The number of piperidine rings is 1. The standard InChI is InChI=1S/C10H14BN3O3/c11-13-5-3-9(4-6-13)17-10-2-1-8(7-12-10)14(15)16/h1-2,7,9H,3-6,11H2. The first-order valence-corrected chi connectivity index (χ1v) is 5.61. The van der Waals surface area contributed by atoms with Crippen molar-refractivity contribution in [1.29, 1.82) is 0 Å². The highest BCUT2D eigenvalue weighted by Crippen LogP contribution is 2.18. The van der Waals surface area contributed by atoms with Gasteiger partial charge in [0, 0.05) is 12.1 Å². The Morgan fingerprint density at radius 3 is 2.71 bits per heavy atom. The summed E-state index contributed by atoms with van der Waals surface area (Å²) in [6.45, 7) is 2.02. The van der Waals surface area contributed by atoms with E-state index >= 15 is 0 Å². The molecule has 1 aromatic rings. The van der Waals surface area contributed by atoms with Gasteiger partial charge in [-0.1, -0.05) is 0 Å². The van der Waals surface area contributed by atoms with Gasteiger partial charge in [0.25, 0.3) is 5.69 Å². The van der Waals surface area contributed by atoms with Crippen LogP contribution < -0.4 is 4.74 Å². The van der Waals surface area contributed by atoms with Gasteiger partial charge in [0.1, 0.15) is 12.3 Å². The van der Waals surface area contributed by atoms with E-state index in [1.807, 2.05) is 0 Å². The maximum absolute atomic E-state index is 10.5. The SMILES string of the molecule is BN1CCC(Oc2ccc([N+](=O)[O-])cn2)CC1. The first kappa shape index (κ1) is 11.8. The second kappa shape index (κ2) is 5.14. The number of hydrogen-bond acceptors (Lipinski definition) is 5. The minimum Gasteiger partial charge on any atom is -0.474 e. The van der Waals surface area contributed by atoms with Crippen LogP contribution in [-0.2, 0) is 0 Å². The van der Waals surface area contributed by atoms with Gasteiger partial charge in [-0.3, -0.25) is 10.1 Å². The molecule has 0 unspecified atom stereocenters. The minimum atomic E-state index is -0.466. The molecule has 0 bridgehead atoms. The Kier molecular flexibility index (Phi) is 3.58. The number of aromatic nitrogens is 1. The lowest BCUT2D eigenvalue weighted by molar-refractivity contribution is -0.385. The maximum atomic E-state index is 10.5. The van der Waals surface area contributed by atoms with Gasteiger partial charge in [0.15, 0.2) is 7.98 Å². The molecule has 0 atom stereocenters. The zero-order valence-corrected chi connectivity index (χ0v) is 9.70. The smallest absolute Gasteiger partial charge is 0.287 e. The molecule has 2 rings (SSSR count).